The molecule has 2 atom stereocenters. The van der Waals surface area contributed by atoms with Crippen molar-refractivity contribution in [3.8, 4) is 5.75 Å². The normalized spacial score (nSPS) is 13.8. The molecule has 8 heteroatoms. The summed E-state index contributed by atoms with van der Waals surface area (Å²) < 4.78 is 0. The fraction of sp³-hybridized carbons (Fsp3) is 0.364. The Morgan fingerprint density at radius 1 is 1.42 bits per heavy atom. The van der Waals surface area contributed by atoms with E-state index >= 15 is 0 Å². The molecule has 1 aromatic rings. The molecule has 1 rings (SSSR count). The standard InChI is InChI=1S/C11H13NO6S/c13-5-6-3-7(12(17)18)4-8(10(6)15)11(16)9(14)1-2-19/h3-5,9,11,14-16,19H,1-2H2. The molecule has 2 unspecified atom stereocenters. The maximum Gasteiger partial charge on any atom is 0.270 e. The molecule has 1 aromatic carbocycles. The van der Waals surface area contributed by atoms with E-state index in [2.05, 4.69) is 12.6 Å². The number of thiol groups is 1. The molecule has 19 heavy (non-hydrogen) atoms. The number of hydrogen-bond acceptors (Lipinski definition) is 7. The van der Waals surface area contributed by atoms with E-state index in [1.54, 1.807) is 0 Å². The van der Waals surface area contributed by atoms with Gasteiger partial charge in [-0.1, -0.05) is 0 Å². The first-order chi connectivity index (χ1) is 8.92. The molecule has 7 nitrogen and oxygen atoms in total. The SMILES string of the molecule is O=Cc1cc([N+](=O)[O-])cc(C(O)C(O)CCS)c1O. The summed E-state index contributed by atoms with van der Waals surface area (Å²) in [7, 11) is 0. The molecule has 0 amide bonds. The smallest absolute Gasteiger partial charge is 0.270 e. The highest BCUT2D eigenvalue weighted by atomic mass is 32.1. The van der Waals surface area contributed by atoms with Gasteiger partial charge in [-0.25, -0.2) is 0 Å². The molecule has 0 aliphatic carbocycles. The Morgan fingerprint density at radius 2 is 2.05 bits per heavy atom. The predicted molar refractivity (Wildman–Crippen MR) is 69.6 cm³/mol. The summed E-state index contributed by atoms with van der Waals surface area (Å²) in [6.45, 7) is 0. The van der Waals surface area contributed by atoms with Crippen molar-refractivity contribution in [3.63, 3.8) is 0 Å². The largest absolute Gasteiger partial charge is 0.507 e. The molecule has 3 N–H and O–H groups in total. The Hall–Kier alpha value is -1.64. The quantitative estimate of drug-likeness (QED) is 0.266. The van der Waals surface area contributed by atoms with Crippen molar-refractivity contribution in [1.82, 2.24) is 0 Å². The minimum Gasteiger partial charge on any atom is -0.507 e. The van der Waals surface area contributed by atoms with Crippen LogP contribution in [0.5, 0.6) is 5.75 Å². The number of aliphatic hydroxyl groups is 2. The van der Waals surface area contributed by atoms with Crippen LogP contribution in [0.4, 0.5) is 5.69 Å². The van der Waals surface area contributed by atoms with Gasteiger partial charge >= 0.3 is 0 Å². The summed E-state index contributed by atoms with van der Waals surface area (Å²) in [6, 6.07) is 1.82. The third-order valence-electron chi connectivity index (χ3n) is 2.60. The molecule has 0 aliphatic rings. The second-order valence-electron chi connectivity index (χ2n) is 3.87. The highest BCUT2D eigenvalue weighted by Gasteiger charge is 2.25. The van der Waals surface area contributed by atoms with Gasteiger partial charge in [-0.05, 0) is 12.2 Å². The van der Waals surface area contributed by atoms with Gasteiger partial charge in [0.15, 0.2) is 6.29 Å². The van der Waals surface area contributed by atoms with Crippen LogP contribution in [0.2, 0.25) is 0 Å². The van der Waals surface area contributed by atoms with Gasteiger partial charge in [0.05, 0.1) is 16.6 Å². The number of aliphatic hydroxyl groups excluding tert-OH is 2. The van der Waals surface area contributed by atoms with E-state index in [1.165, 1.54) is 0 Å². The van der Waals surface area contributed by atoms with Gasteiger partial charge < -0.3 is 15.3 Å². The third kappa shape index (κ3) is 3.43. The number of carbonyl (C=O) groups is 1. The summed E-state index contributed by atoms with van der Waals surface area (Å²) in [5, 5.41) is 39.9. The first-order valence-electron chi connectivity index (χ1n) is 5.35. The summed E-state index contributed by atoms with van der Waals surface area (Å²) in [4.78, 5) is 20.7. The Labute approximate surface area is 114 Å². The molecule has 0 aromatic heterocycles. The van der Waals surface area contributed by atoms with E-state index in [4.69, 9.17) is 0 Å². The van der Waals surface area contributed by atoms with Crippen LogP contribution >= 0.6 is 12.6 Å². The number of nitro groups is 1. The van der Waals surface area contributed by atoms with Crippen molar-refractivity contribution in [3.05, 3.63) is 33.4 Å². The Kier molecular flexibility index (Phi) is 5.28. The van der Waals surface area contributed by atoms with Crippen LogP contribution in [0.3, 0.4) is 0 Å². The highest BCUT2D eigenvalue weighted by molar-refractivity contribution is 7.80. The van der Waals surface area contributed by atoms with Crippen molar-refractivity contribution in [2.24, 2.45) is 0 Å². The van der Waals surface area contributed by atoms with Crippen LogP contribution in [-0.4, -0.2) is 38.4 Å². The first-order valence-corrected chi connectivity index (χ1v) is 5.99. The van der Waals surface area contributed by atoms with Crippen LogP contribution in [0, 0.1) is 10.1 Å². The molecule has 0 saturated heterocycles. The van der Waals surface area contributed by atoms with Crippen molar-refractivity contribution < 1.29 is 25.0 Å². The Balaban J connectivity index is 3.28. The van der Waals surface area contributed by atoms with Crippen molar-refractivity contribution in [2.45, 2.75) is 18.6 Å². The molecule has 0 heterocycles. The molecular formula is C11H13NO6S. The average molecular weight is 287 g/mol. The lowest BCUT2D eigenvalue weighted by molar-refractivity contribution is -0.385. The topological polar surface area (TPSA) is 121 Å². The number of phenols is 1. The number of nitrogens with zero attached hydrogens (tertiary/aromatic N) is 1. The number of non-ortho nitro benzene ring substituents is 1. The molecular weight excluding hydrogens is 274 g/mol. The van der Waals surface area contributed by atoms with Crippen molar-refractivity contribution in [1.29, 1.82) is 0 Å². The Bertz CT molecular complexity index is 492. The van der Waals surface area contributed by atoms with E-state index < -0.39 is 28.6 Å². The lowest BCUT2D eigenvalue weighted by Crippen LogP contribution is -2.19. The lowest BCUT2D eigenvalue weighted by atomic mass is 9.98. The highest BCUT2D eigenvalue weighted by Crippen LogP contribution is 2.33. The van der Waals surface area contributed by atoms with Gasteiger partial charge in [0.1, 0.15) is 11.9 Å². The maximum atomic E-state index is 10.7. The predicted octanol–water partition coefficient (Wildman–Crippen LogP) is 0.827. The zero-order valence-electron chi connectivity index (χ0n) is 9.76. The van der Waals surface area contributed by atoms with Crippen LogP contribution in [-0.2, 0) is 0 Å². The fourth-order valence-corrected chi connectivity index (χ4v) is 1.85. The summed E-state index contributed by atoms with van der Waals surface area (Å²) in [5.74, 6) is -0.291. The van der Waals surface area contributed by atoms with Gasteiger partial charge in [-0.15, -0.1) is 0 Å². The van der Waals surface area contributed by atoms with Crippen LogP contribution < -0.4 is 0 Å². The van der Waals surface area contributed by atoms with E-state index in [9.17, 15) is 30.2 Å². The van der Waals surface area contributed by atoms with E-state index in [-0.39, 0.29) is 29.6 Å². The summed E-state index contributed by atoms with van der Waals surface area (Å²) in [5.41, 5.74) is -1.03. The maximum absolute atomic E-state index is 10.7. The zero-order chi connectivity index (χ0) is 14.6. The second-order valence-corrected chi connectivity index (χ2v) is 4.32. The number of carbonyl (C=O) groups excluding carboxylic acids is 1. The average Bonchev–Trinajstić information content (AvgIpc) is 2.38. The van der Waals surface area contributed by atoms with Crippen LogP contribution in [0.15, 0.2) is 12.1 Å². The van der Waals surface area contributed by atoms with Crippen molar-refractivity contribution >= 4 is 24.6 Å². The number of phenolic OH excluding ortho intramolecular Hbond substituents is 1. The number of rotatable bonds is 6. The van der Waals surface area contributed by atoms with Gasteiger partial charge in [-0.2, -0.15) is 12.6 Å². The summed E-state index contributed by atoms with van der Waals surface area (Å²) >= 11 is 3.89. The number of benzene rings is 1. The molecule has 0 bridgehead atoms. The van der Waals surface area contributed by atoms with Crippen LogP contribution in [0.25, 0.3) is 0 Å². The van der Waals surface area contributed by atoms with Gasteiger partial charge in [0.25, 0.3) is 5.69 Å². The monoisotopic (exact) mass is 287 g/mol. The van der Waals surface area contributed by atoms with Gasteiger partial charge in [0, 0.05) is 17.7 Å². The number of aromatic hydroxyl groups is 1. The number of hydrogen-bond donors (Lipinski definition) is 4. The van der Waals surface area contributed by atoms with Gasteiger partial charge in [0.2, 0.25) is 0 Å². The van der Waals surface area contributed by atoms with E-state index in [0.29, 0.717) is 0 Å². The minimum atomic E-state index is -1.54. The minimum absolute atomic E-state index is 0.128. The molecule has 0 aliphatic heterocycles. The molecule has 104 valence electrons. The van der Waals surface area contributed by atoms with Crippen LogP contribution in [0.1, 0.15) is 28.4 Å². The first kappa shape index (κ1) is 15.4. The Morgan fingerprint density at radius 3 is 2.53 bits per heavy atom. The zero-order valence-corrected chi connectivity index (χ0v) is 10.7. The number of aldehydes is 1. The number of nitro benzene ring substituents is 1. The molecule has 0 radical (unpaired) electrons. The lowest BCUT2D eigenvalue weighted by Gasteiger charge is -2.18. The fourth-order valence-electron chi connectivity index (χ4n) is 1.58. The third-order valence-corrected chi connectivity index (χ3v) is 2.86. The molecule has 0 saturated carbocycles. The molecule has 0 fully saturated rings. The second kappa shape index (κ2) is 6.50. The summed E-state index contributed by atoms with van der Waals surface area (Å²) in [6.07, 6.45) is -2.41. The van der Waals surface area contributed by atoms with Crippen molar-refractivity contribution in [2.75, 3.05) is 5.75 Å². The van der Waals surface area contributed by atoms with E-state index in [0.717, 1.165) is 12.1 Å². The van der Waals surface area contributed by atoms with Gasteiger partial charge in [-0.3, -0.25) is 14.9 Å². The van der Waals surface area contributed by atoms with E-state index in [1.807, 2.05) is 0 Å². The molecule has 0 spiro atoms.